The number of esters is 1. The normalized spacial score (nSPS) is 15.8. The van der Waals surface area contributed by atoms with Crippen LogP contribution in [0.1, 0.15) is 27.2 Å². The number of fused-ring (bicyclic) bond motifs is 1. The molecule has 6 heteroatoms. The van der Waals surface area contributed by atoms with E-state index in [9.17, 15) is 9.59 Å². The van der Waals surface area contributed by atoms with Gasteiger partial charge >= 0.3 is 5.97 Å². The van der Waals surface area contributed by atoms with Gasteiger partial charge in [-0.1, -0.05) is 48.0 Å². The van der Waals surface area contributed by atoms with Crippen LogP contribution in [0.4, 0.5) is 0 Å². The average Bonchev–Trinajstić information content (AvgIpc) is 3.25. The van der Waals surface area contributed by atoms with Crippen LogP contribution in [0.5, 0.6) is 0 Å². The summed E-state index contributed by atoms with van der Waals surface area (Å²) >= 11 is 5.98. The summed E-state index contributed by atoms with van der Waals surface area (Å²) in [5, 5.41) is 0.578. The van der Waals surface area contributed by atoms with Gasteiger partial charge in [-0.15, -0.1) is 0 Å². The van der Waals surface area contributed by atoms with Crippen molar-refractivity contribution in [3.05, 3.63) is 94.4 Å². The smallest absolute Gasteiger partial charge is 0.329 e. The molecule has 5 nitrogen and oxygen atoms in total. The minimum atomic E-state index is -0.716. The summed E-state index contributed by atoms with van der Waals surface area (Å²) in [7, 11) is 0. The molecule has 0 saturated carbocycles. The molecule has 3 aromatic rings. The first-order valence-corrected chi connectivity index (χ1v) is 9.32. The number of ether oxygens (including phenoxy) is 1. The number of nitrogens with zero attached hydrogens (tertiary/aromatic N) is 1. The maximum absolute atomic E-state index is 12.9. The fraction of sp³-hybridized carbons (Fsp3) is 0.182. The number of hydrogen-bond donors (Lipinski definition) is 0. The number of halogens is 1. The van der Waals surface area contributed by atoms with E-state index in [4.69, 9.17) is 20.8 Å². The van der Waals surface area contributed by atoms with Crippen molar-refractivity contribution in [3.63, 3.8) is 0 Å². The third-order valence-corrected chi connectivity index (χ3v) is 5.02. The fourth-order valence-corrected chi connectivity index (χ4v) is 3.58. The van der Waals surface area contributed by atoms with Gasteiger partial charge in [0.1, 0.15) is 12.6 Å². The van der Waals surface area contributed by atoms with E-state index < -0.39 is 12.0 Å². The second-order valence-electron chi connectivity index (χ2n) is 6.64. The molecule has 1 aliphatic heterocycles. The maximum Gasteiger partial charge on any atom is 0.329 e. The Morgan fingerprint density at radius 3 is 2.64 bits per heavy atom. The van der Waals surface area contributed by atoms with Gasteiger partial charge in [-0.2, -0.15) is 0 Å². The summed E-state index contributed by atoms with van der Waals surface area (Å²) in [6.45, 7) is 0.424. The Morgan fingerprint density at radius 2 is 1.89 bits per heavy atom. The number of furan rings is 1. The number of carbonyl (C=O) groups excluding carboxylic acids is 2. The summed E-state index contributed by atoms with van der Waals surface area (Å²) in [5.41, 5.74) is 2.85. The predicted octanol–water partition coefficient (Wildman–Crippen LogP) is 4.24. The van der Waals surface area contributed by atoms with Gasteiger partial charge in [-0.05, 0) is 41.0 Å². The Balaban J connectivity index is 1.56. The van der Waals surface area contributed by atoms with Gasteiger partial charge in [0.2, 0.25) is 0 Å². The number of benzene rings is 2. The zero-order valence-electron chi connectivity index (χ0n) is 15.0. The largest absolute Gasteiger partial charge is 0.459 e. The van der Waals surface area contributed by atoms with E-state index in [1.165, 1.54) is 11.2 Å². The highest BCUT2D eigenvalue weighted by Crippen LogP contribution is 2.26. The zero-order chi connectivity index (χ0) is 19.5. The van der Waals surface area contributed by atoms with Gasteiger partial charge in [-0.25, -0.2) is 4.79 Å². The molecule has 0 fully saturated rings. The van der Waals surface area contributed by atoms with E-state index in [1.54, 1.807) is 30.3 Å². The molecule has 0 radical (unpaired) electrons. The van der Waals surface area contributed by atoms with Crippen LogP contribution in [0.3, 0.4) is 0 Å². The van der Waals surface area contributed by atoms with Crippen molar-refractivity contribution in [2.45, 2.75) is 25.6 Å². The van der Waals surface area contributed by atoms with E-state index in [0.717, 1.165) is 16.7 Å². The Kier molecular flexibility index (Phi) is 5.17. The summed E-state index contributed by atoms with van der Waals surface area (Å²) in [5.74, 6) is -0.578. The molecule has 0 saturated heterocycles. The van der Waals surface area contributed by atoms with E-state index in [2.05, 4.69) is 0 Å². The second-order valence-corrected chi connectivity index (χ2v) is 7.07. The van der Waals surface area contributed by atoms with Crippen LogP contribution >= 0.6 is 11.6 Å². The van der Waals surface area contributed by atoms with Crippen molar-refractivity contribution in [1.29, 1.82) is 0 Å². The minimum Gasteiger partial charge on any atom is -0.459 e. The highest BCUT2D eigenvalue weighted by molar-refractivity contribution is 6.30. The van der Waals surface area contributed by atoms with Crippen LogP contribution in [-0.2, 0) is 29.1 Å². The molecule has 4 rings (SSSR count). The standard InChI is InChI=1S/C22H18ClNO4/c23-18-8-3-5-15(11-18)14-28-22(26)19-12-16-6-1-2-7-17(16)13-24(19)21(25)20-9-4-10-27-20/h1-11,19H,12-14H2. The second kappa shape index (κ2) is 7.90. The SMILES string of the molecule is O=C(OCc1cccc(Cl)c1)C1Cc2ccccc2CN1C(=O)c1ccco1. The van der Waals surface area contributed by atoms with Gasteiger partial charge in [0, 0.05) is 18.0 Å². The Hall–Kier alpha value is -3.05. The first kappa shape index (κ1) is 18.3. The van der Waals surface area contributed by atoms with Crippen LogP contribution in [0.15, 0.2) is 71.3 Å². The summed E-state index contributed by atoms with van der Waals surface area (Å²) in [6.07, 6.45) is 1.84. The van der Waals surface area contributed by atoms with Crippen molar-refractivity contribution < 1.29 is 18.7 Å². The van der Waals surface area contributed by atoms with E-state index >= 15 is 0 Å². The lowest BCUT2D eigenvalue weighted by atomic mass is 9.93. The third kappa shape index (κ3) is 3.80. The summed E-state index contributed by atoms with van der Waals surface area (Å²) < 4.78 is 10.8. The van der Waals surface area contributed by atoms with Gasteiger partial charge in [0.15, 0.2) is 5.76 Å². The van der Waals surface area contributed by atoms with E-state index in [-0.39, 0.29) is 18.3 Å². The van der Waals surface area contributed by atoms with Gasteiger partial charge in [0.05, 0.1) is 6.26 Å². The monoisotopic (exact) mass is 395 g/mol. The third-order valence-electron chi connectivity index (χ3n) is 4.78. The predicted molar refractivity (Wildman–Crippen MR) is 104 cm³/mol. The van der Waals surface area contributed by atoms with Crippen molar-refractivity contribution in [2.75, 3.05) is 0 Å². The molecular formula is C22H18ClNO4. The lowest BCUT2D eigenvalue weighted by Crippen LogP contribution is -2.49. The van der Waals surface area contributed by atoms with Crippen LogP contribution in [0.25, 0.3) is 0 Å². The molecule has 2 aromatic carbocycles. The molecule has 1 atom stereocenters. The molecule has 0 spiro atoms. The molecule has 0 bridgehead atoms. The quantitative estimate of drug-likeness (QED) is 0.620. The highest BCUT2D eigenvalue weighted by atomic mass is 35.5. The van der Waals surface area contributed by atoms with E-state index in [1.807, 2.05) is 30.3 Å². The average molecular weight is 396 g/mol. The van der Waals surface area contributed by atoms with Crippen molar-refractivity contribution >= 4 is 23.5 Å². The van der Waals surface area contributed by atoms with Gasteiger partial charge < -0.3 is 14.1 Å². The van der Waals surface area contributed by atoms with Crippen molar-refractivity contribution in [1.82, 2.24) is 4.90 Å². The minimum absolute atomic E-state index is 0.0975. The Labute approximate surface area is 167 Å². The molecule has 1 amide bonds. The van der Waals surface area contributed by atoms with Gasteiger partial charge in [-0.3, -0.25) is 4.79 Å². The van der Waals surface area contributed by atoms with Crippen LogP contribution in [0.2, 0.25) is 5.02 Å². The summed E-state index contributed by atoms with van der Waals surface area (Å²) in [4.78, 5) is 27.3. The summed E-state index contributed by atoms with van der Waals surface area (Å²) in [6, 6.07) is 17.5. The first-order valence-electron chi connectivity index (χ1n) is 8.94. The molecule has 1 aliphatic rings. The number of amides is 1. The van der Waals surface area contributed by atoms with Crippen LogP contribution in [-0.4, -0.2) is 22.8 Å². The molecule has 2 heterocycles. The lowest BCUT2D eigenvalue weighted by molar-refractivity contribution is -0.151. The fourth-order valence-electron chi connectivity index (χ4n) is 3.37. The van der Waals surface area contributed by atoms with Gasteiger partial charge in [0.25, 0.3) is 5.91 Å². The highest BCUT2D eigenvalue weighted by Gasteiger charge is 2.37. The molecule has 1 unspecified atom stereocenters. The molecule has 0 aliphatic carbocycles. The zero-order valence-corrected chi connectivity index (χ0v) is 15.8. The Morgan fingerprint density at radius 1 is 1.07 bits per heavy atom. The number of hydrogen-bond acceptors (Lipinski definition) is 4. The van der Waals surface area contributed by atoms with E-state index in [0.29, 0.717) is 18.0 Å². The number of carbonyl (C=O) groups is 2. The molecular weight excluding hydrogens is 378 g/mol. The molecule has 0 N–H and O–H groups in total. The Bertz CT molecular complexity index is 999. The number of rotatable bonds is 4. The molecule has 1 aromatic heterocycles. The maximum atomic E-state index is 12.9. The topological polar surface area (TPSA) is 59.8 Å². The lowest BCUT2D eigenvalue weighted by Gasteiger charge is -2.34. The van der Waals surface area contributed by atoms with Crippen LogP contribution in [0, 0.1) is 0 Å². The molecule has 142 valence electrons. The van der Waals surface area contributed by atoms with Crippen molar-refractivity contribution in [2.24, 2.45) is 0 Å². The van der Waals surface area contributed by atoms with Crippen molar-refractivity contribution in [3.8, 4) is 0 Å². The van der Waals surface area contributed by atoms with Crippen LogP contribution < -0.4 is 0 Å². The molecule has 28 heavy (non-hydrogen) atoms. The first-order chi connectivity index (χ1) is 13.6.